The van der Waals surface area contributed by atoms with Gasteiger partial charge in [-0.05, 0) is 25.5 Å². The molecule has 2 aromatic rings. The van der Waals surface area contributed by atoms with Crippen molar-refractivity contribution in [1.29, 1.82) is 0 Å². The molecule has 1 aliphatic rings. The molecule has 0 unspecified atom stereocenters. The molecule has 0 fully saturated rings. The van der Waals surface area contributed by atoms with Gasteiger partial charge >= 0.3 is 5.97 Å². The van der Waals surface area contributed by atoms with E-state index < -0.39 is 18.4 Å². The summed E-state index contributed by atoms with van der Waals surface area (Å²) in [6.45, 7) is 1.18. The standard InChI is InChI=1S/C18H17NO5/c1-11-16-13(20)8-5-9-14(16)24-17(11)18(23)19(10-15(21)22)12-6-3-2-4-7-12/h2-4,6-7H,5,8-10H2,1H3,(H,21,22). The number of benzene rings is 1. The van der Waals surface area contributed by atoms with E-state index in [0.717, 1.165) is 4.90 Å². The van der Waals surface area contributed by atoms with E-state index in [4.69, 9.17) is 9.52 Å². The van der Waals surface area contributed by atoms with Crippen LogP contribution in [0.15, 0.2) is 34.7 Å². The molecule has 0 atom stereocenters. The molecule has 1 aliphatic carbocycles. The number of rotatable bonds is 4. The summed E-state index contributed by atoms with van der Waals surface area (Å²) in [5, 5.41) is 9.14. The summed E-state index contributed by atoms with van der Waals surface area (Å²) in [6, 6.07) is 8.54. The first-order valence-corrected chi connectivity index (χ1v) is 7.73. The van der Waals surface area contributed by atoms with E-state index in [1.165, 1.54) is 0 Å². The van der Waals surface area contributed by atoms with E-state index in [9.17, 15) is 14.4 Å². The van der Waals surface area contributed by atoms with Crippen molar-refractivity contribution in [3.8, 4) is 0 Å². The van der Waals surface area contributed by atoms with Crippen molar-refractivity contribution in [2.75, 3.05) is 11.4 Å². The number of furan rings is 1. The third kappa shape index (κ3) is 2.82. The van der Waals surface area contributed by atoms with Gasteiger partial charge in [0.2, 0.25) is 0 Å². The average molecular weight is 327 g/mol. The van der Waals surface area contributed by atoms with E-state index in [0.29, 0.717) is 41.8 Å². The Hall–Kier alpha value is -2.89. The number of para-hydroxylation sites is 1. The Kier molecular flexibility index (Phi) is 4.20. The Labute approximate surface area is 138 Å². The fourth-order valence-corrected chi connectivity index (χ4v) is 3.00. The third-order valence-corrected chi connectivity index (χ3v) is 4.11. The molecule has 0 spiro atoms. The number of anilines is 1. The summed E-state index contributed by atoms with van der Waals surface area (Å²) in [5.41, 5.74) is 1.43. The van der Waals surface area contributed by atoms with Crippen LogP contribution in [0.25, 0.3) is 0 Å². The van der Waals surface area contributed by atoms with Crippen LogP contribution < -0.4 is 4.90 Å². The fourth-order valence-electron chi connectivity index (χ4n) is 3.00. The Balaban J connectivity index is 2.02. The lowest BCUT2D eigenvalue weighted by Gasteiger charge is -2.20. The minimum absolute atomic E-state index is 0.0268. The highest BCUT2D eigenvalue weighted by Crippen LogP contribution is 2.30. The van der Waals surface area contributed by atoms with Crippen LogP contribution in [0.5, 0.6) is 0 Å². The molecule has 0 bridgehead atoms. The zero-order valence-corrected chi connectivity index (χ0v) is 13.2. The molecule has 6 nitrogen and oxygen atoms in total. The zero-order chi connectivity index (χ0) is 17.3. The molecule has 1 amide bonds. The number of carbonyl (C=O) groups is 3. The summed E-state index contributed by atoms with van der Waals surface area (Å²) in [5.74, 6) is -1.14. The first-order valence-electron chi connectivity index (χ1n) is 7.73. The fraction of sp³-hybridized carbons (Fsp3) is 0.278. The lowest BCUT2D eigenvalue weighted by molar-refractivity contribution is -0.135. The number of ketones is 1. The first kappa shape index (κ1) is 16.0. The van der Waals surface area contributed by atoms with Crippen molar-refractivity contribution in [2.24, 2.45) is 0 Å². The summed E-state index contributed by atoms with van der Waals surface area (Å²) in [4.78, 5) is 37.3. The normalized spacial score (nSPS) is 13.5. The van der Waals surface area contributed by atoms with Crippen LogP contribution in [0.3, 0.4) is 0 Å². The molecule has 6 heteroatoms. The van der Waals surface area contributed by atoms with Gasteiger partial charge in [0.15, 0.2) is 11.5 Å². The van der Waals surface area contributed by atoms with E-state index in [-0.39, 0.29) is 11.5 Å². The molecule has 1 aromatic carbocycles. The molecule has 0 saturated heterocycles. The Morgan fingerprint density at radius 1 is 1.21 bits per heavy atom. The SMILES string of the molecule is Cc1c(C(=O)N(CC(=O)O)c2ccccc2)oc2c1C(=O)CCC2. The van der Waals surface area contributed by atoms with Gasteiger partial charge < -0.3 is 9.52 Å². The summed E-state index contributed by atoms with van der Waals surface area (Å²) in [6.07, 6.45) is 1.75. The maximum absolute atomic E-state index is 12.9. The molecule has 0 saturated carbocycles. The minimum Gasteiger partial charge on any atom is -0.480 e. The molecule has 0 aliphatic heterocycles. The second-order valence-corrected chi connectivity index (χ2v) is 5.75. The predicted molar refractivity (Wildman–Crippen MR) is 86.5 cm³/mol. The average Bonchev–Trinajstić information content (AvgIpc) is 2.91. The number of aryl methyl sites for hydroxylation is 1. The summed E-state index contributed by atoms with van der Waals surface area (Å²) in [7, 11) is 0. The van der Waals surface area contributed by atoms with Gasteiger partial charge in [0, 0.05) is 24.1 Å². The van der Waals surface area contributed by atoms with Gasteiger partial charge in [-0.1, -0.05) is 18.2 Å². The summed E-state index contributed by atoms with van der Waals surface area (Å²) < 4.78 is 5.65. The van der Waals surface area contributed by atoms with Crippen LogP contribution in [0.4, 0.5) is 5.69 Å². The van der Waals surface area contributed by atoms with Gasteiger partial charge in [0.1, 0.15) is 12.3 Å². The molecule has 1 aromatic heterocycles. The Morgan fingerprint density at radius 3 is 2.54 bits per heavy atom. The molecular formula is C18H17NO5. The van der Waals surface area contributed by atoms with Crippen LogP contribution in [-0.4, -0.2) is 29.3 Å². The topological polar surface area (TPSA) is 87.8 Å². The van der Waals surface area contributed by atoms with Crippen molar-refractivity contribution >= 4 is 23.3 Å². The van der Waals surface area contributed by atoms with Gasteiger partial charge in [-0.25, -0.2) is 0 Å². The lowest BCUT2D eigenvalue weighted by atomic mass is 9.94. The lowest BCUT2D eigenvalue weighted by Crippen LogP contribution is -2.35. The summed E-state index contributed by atoms with van der Waals surface area (Å²) >= 11 is 0. The van der Waals surface area contributed by atoms with E-state index in [2.05, 4.69) is 0 Å². The first-order chi connectivity index (χ1) is 11.5. The number of amides is 1. The van der Waals surface area contributed by atoms with E-state index in [1.54, 1.807) is 37.3 Å². The quantitative estimate of drug-likeness (QED) is 0.933. The van der Waals surface area contributed by atoms with Gasteiger partial charge in [0.05, 0.1) is 5.56 Å². The van der Waals surface area contributed by atoms with Gasteiger partial charge in [-0.3, -0.25) is 19.3 Å². The van der Waals surface area contributed by atoms with Gasteiger partial charge in [-0.15, -0.1) is 0 Å². The van der Waals surface area contributed by atoms with Crippen molar-refractivity contribution in [2.45, 2.75) is 26.2 Å². The van der Waals surface area contributed by atoms with E-state index >= 15 is 0 Å². The Bertz CT molecular complexity index is 806. The number of nitrogens with zero attached hydrogens (tertiary/aromatic N) is 1. The molecule has 1 heterocycles. The number of hydrogen-bond acceptors (Lipinski definition) is 4. The van der Waals surface area contributed by atoms with Crippen LogP contribution in [0, 0.1) is 6.92 Å². The van der Waals surface area contributed by atoms with Crippen molar-refractivity contribution in [1.82, 2.24) is 0 Å². The number of aliphatic carboxylic acids is 1. The number of Topliss-reactive ketones (excluding diaryl/α,β-unsaturated/α-hetero) is 1. The number of hydrogen-bond donors (Lipinski definition) is 1. The second-order valence-electron chi connectivity index (χ2n) is 5.75. The van der Waals surface area contributed by atoms with Crippen LogP contribution >= 0.6 is 0 Å². The highest BCUT2D eigenvalue weighted by Gasteiger charge is 2.31. The number of carboxylic acid groups (broad SMARTS) is 1. The van der Waals surface area contributed by atoms with Crippen LogP contribution in [-0.2, 0) is 11.2 Å². The minimum atomic E-state index is -1.13. The molecule has 0 radical (unpaired) electrons. The van der Waals surface area contributed by atoms with Crippen LogP contribution in [0.2, 0.25) is 0 Å². The molecule has 24 heavy (non-hydrogen) atoms. The smallest absolute Gasteiger partial charge is 0.323 e. The number of fused-ring (bicyclic) bond motifs is 1. The maximum Gasteiger partial charge on any atom is 0.323 e. The third-order valence-electron chi connectivity index (χ3n) is 4.11. The monoisotopic (exact) mass is 327 g/mol. The molecular weight excluding hydrogens is 310 g/mol. The predicted octanol–water partition coefficient (Wildman–Crippen LogP) is 2.84. The van der Waals surface area contributed by atoms with Crippen molar-refractivity contribution < 1.29 is 23.9 Å². The second kappa shape index (κ2) is 6.31. The molecule has 124 valence electrons. The maximum atomic E-state index is 12.9. The van der Waals surface area contributed by atoms with Crippen molar-refractivity contribution in [3.05, 3.63) is 53.0 Å². The highest BCUT2D eigenvalue weighted by atomic mass is 16.4. The van der Waals surface area contributed by atoms with Gasteiger partial charge in [0.25, 0.3) is 5.91 Å². The van der Waals surface area contributed by atoms with E-state index in [1.807, 2.05) is 0 Å². The molecule has 3 rings (SSSR count). The van der Waals surface area contributed by atoms with Crippen LogP contribution in [0.1, 0.15) is 45.1 Å². The zero-order valence-electron chi connectivity index (χ0n) is 13.2. The van der Waals surface area contributed by atoms with Gasteiger partial charge in [-0.2, -0.15) is 0 Å². The largest absolute Gasteiger partial charge is 0.480 e. The highest BCUT2D eigenvalue weighted by molar-refractivity contribution is 6.10. The van der Waals surface area contributed by atoms with Crippen molar-refractivity contribution in [3.63, 3.8) is 0 Å². The molecule has 1 N–H and O–H groups in total. The number of carboxylic acids is 1. The Morgan fingerprint density at radius 2 is 1.92 bits per heavy atom. The number of carbonyl (C=O) groups excluding carboxylic acids is 2.